The van der Waals surface area contributed by atoms with Gasteiger partial charge in [-0.05, 0) is 55.4 Å². The van der Waals surface area contributed by atoms with E-state index in [0.29, 0.717) is 50.9 Å². The summed E-state index contributed by atoms with van der Waals surface area (Å²) in [6, 6.07) is 0. The number of rotatable bonds is 14. The van der Waals surface area contributed by atoms with Gasteiger partial charge in [-0.2, -0.15) is 0 Å². The minimum absolute atomic E-state index is 0.127. The molecule has 53 heavy (non-hydrogen) atoms. The molecule has 0 aliphatic carbocycles. The average Bonchev–Trinajstić information content (AvgIpc) is 3.89. The first kappa shape index (κ1) is 37.7. The van der Waals surface area contributed by atoms with E-state index in [-0.39, 0.29) is 50.8 Å². The zero-order valence-corrected chi connectivity index (χ0v) is 31.7. The van der Waals surface area contributed by atoms with Gasteiger partial charge in [-0.1, -0.05) is 10.4 Å². The summed E-state index contributed by atoms with van der Waals surface area (Å²) in [5, 5.41) is 16.9. The van der Waals surface area contributed by atoms with Crippen molar-refractivity contribution in [1.82, 2.24) is 30.0 Å². The summed E-state index contributed by atoms with van der Waals surface area (Å²) in [4.78, 5) is 0. The Morgan fingerprint density at radius 2 is 1.02 bits per heavy atom. The predicted octanol–water partition coefficient (Wildman–Crippen LogP) is 1.42. The van der Waals surface area contributed by atoms with E-state index >= 15 is 0 Å². The second-order valence-corrected chi connectivity index (χ2v) is 16.1. The Balaban J connectivity index is 0.742. The van der Waals surface area contributed by atoms with E-state index in [4.69, 9.17) is 61.6 Å². The summed E-state index contributed by atoms with van der Waals surface area (Å²) in [5.41, 5.74) is 1.33. The molecule has 0 unspecified atom stereocenters. The Hall–Kier alpha value is -2.24. The first-order valence-corrected chi connectivity index (χ1v) is 18.3. The van der Waals surface area contributed by atoms with E-state index in [1.54, 1.807) is 9.36 Å². The van der Waals surface area contributed by atoms with Crippen molar-refractivity contribution < 1.29 is 61.6 Å². The van der Waals surface area contributed by atoms with E-state index in [9.17, 15) is 0 Å². The lowest BCUT2D eigenvalue weighted by molar-refractivity contribution is -0.300. The lowest BCUT2D eigenvalue weighted by Crippen LogP contribution is -2.60. The Kier molecular flexibility index (Phi) is 9.77. The van der Waals surface area contributed by atoms with Crippen LogP contribution in [0.15, 0.2) is 12.4 Å². The summed E-state index contributed by atoms with van der Waals surface area (Å²) in [6.07, 6.45) is 1.46. The molecule has 0 bridgehead atoms. The molecule has 19 heteroatoms. The van der Waals surface area contributed by atoms with E-state index in [2.05, 4.69) is 20.6 Å². The number of ether oxygens (including phenoxy) is 13. The summed E-state index contributed by atoms with van der Waals surface area (Å²) < 4.78 is 83.0. The summed E-state index contributed by atoms with van der Waals surface area (Å²) in [6.45, 7) is 18.1. The predicted molar refractivity (Wildman–Crippen MR) is 175 cm³/mol. The molecule has 8 heterocycles. The first-order valence-electron chi connectivity index (χ1n) is 18.3. The van der Waals surface area contributed by atoms with Crippen LogP contribution < -0.4 is 0 Å². The number of hydrogen-bond acceptors (Lipinski definition) is 17. The molecule has 0 aromatic carbocycles. The van der Waals surface area contributed by atoms with Crippen molar-refractivity contribution in [2.24, 2.45) is 0 Å². The van der Waals surface area contributed by atoms with Crippen LogP contribution in [0.3, 0.4) is 0 Å². The first-order chi connectivity index (χ1) is 25.0. The van der Waals surface area contributed by atoms with Crippen molar-refractivity contribution >= 4 is 0 Å². The van der Waals surface area contributed by atoms with E-state index < -0.39 is 46.9 Å². The summed E-state index contributed by atoms with van der Waals surface area (Å²) in [5.74, 6) is -5.45. The third-order valence-corrected chi connectivity index (χ3v) is 9.76. The van der Waals surface area contributed by atoms with Gasteiger partial charge in [0.25, 0.3) is 0 Å². The number of hydrogen-bond donors (Lipinski definition) is 0. The van der Waals surface area contributed by atoms with Crippen LogP contribution in [0.5, 0.6) is 0 Å². The maximum atomic E-state index is 6.25. The quantitative estimate of drug-likeness (QED) is 0.253. The molecule has 8 rings (SSSR count). The molecule has 0 N–H and O–H groups in total. The molecule has 0 amide bonds. The zero-order chi connectivity index (χ0) is 37.3. The fraction of sp³-hybridized carbons (Fsp3) is 0.882. The highest BCUT2D eigenvalue weighted by atomic mass is 16.9. The van der Waals surface area contributed by atoms with Crippen LogP contribution >= 0.6 is 0 Å². The van der Waals surface area contributed by atoms with E-state index in [0.717, 1.165) is 0 Å². The highest BCUT2D eigenvalue weighted by Gasteiger charge is 2.67. The average molecular weight is 753 g/mol. The van der Waals surface area contributed by atoms with Crippen LogP contribution in [-0.2, 0) is 87.9 Å². The van der Waals surface area contributed by atoms with Gasteiger partial charge in [-0.25, -0.2) is 9.36 Å². The van der Waals surface area contributed by atoms with Crippen LogP contribution in [0.2, 0.25) is 0 Å². The Morgan fingerprint density at radius 3 is 1.45 bits per heavy atom. The monoisotopic (exact) mass is 752 g/mol. The van der Waals surface area contributed by atoms with Crippen LogP contribution in [-0.4, -0.2) is 141 Å². The van der Waals surface area contributed by atoms with Gasteiger partial charge < -0.3 is 61.6 Å². The maximum Gasteiger partial charge on any atom is 0.224 e. The number of aromatic nitrogens is 6. The van der Waals surface area contributed by atoms with Crippen LogP contribution in [0, 0.1) is 0 Å². The van der Waals surface area contributed by atoms with Gasteiger partial charge in [0.05, 0.1) is 65.1 Å². The molecule has 2 aromatic rings. The molecule has 6 aliphatic heterocycles. The molecule has 8 atom stereocenters. The standard InChI is InChI=1S/C34H52N6O13/c1-29(2)46-23-17-44-33(27(25(23)48-29)50-31(5,6)52-33)19-42-15-21-13-39(37-35-21)9-11-41-12-10-40-14-22(36-38-40)16-43-20-34-28(51-32(7,8)53-34)26-24(18-45-34)47-30(3,4)49-26/h13-14,23-28H,9-12,15-20H2,1-8H3/t23-,24-,25-,26-,27+,28+,33+,34+/m1/s1. The zero-order valence-electron chi connectivity index (χ0n) is 31.7. The molecule has 6 aliphatic rings. The van der Waals surface area contributed by atoms with Gasteiger partial charge in [0.15, 0.2) is 23.1 Å². The van der Waals surface area contributed by atoms with E-state index in [1.165, 1.54) is 0 Å². The molecule has 6 saturated heterocycles. The Bertz CT molecular complexity index is 1490. The van der Waals surface area contributed by atoms with Gasteiger partial charge in [-0.15, -0.1) is 10.2 Å². The molecule has 296 valence electrons. The number of nitrogens with zero attached hydrogens (tertiary/aromatic N) is 6. The minimum Gasteiger partial charge on any atom is -0.378 e. The van der Waals surface area contributed by atoms with E-state index in [1.807, 2.05) is 67.8 Å². The highest BCUT2D eigenvalue weighted by Crippen LogP contribution is 2.49. The fourth-order valence-corrected chi connectivity index (χ4v) is 7.94. The van der Waals surface area contributed by atoms with Gasteiger partial charge in [0, 0.05) is 0 Å². The molecule has 6 fully saturated rings. The van der Waals surface area contributed by atoms with Gasteiger partial charge in [-0.3, -0.25) is 0 Å². The molecule has 0 spiro atoms. The molecular weight excluding hydrogens is 700 g/mol. The molecule has 0 saturated carbocycles. The SMILES string of the molecule is CC1(C)O[C@@H]2[C@@H](CO[C@@]3(COCc4cn(CCOCCn5cc(COC[C@@]67OC[C@H]8OC(C)(C)O[C@H]8[C@@H]6OC(C)(C)O7)nn5)nn4)OC(C)(C)O[C@@H]23)O1. The Morgan fingerprint density at radius 1 is 0.585 bits per heavy atom. The van der Waals surface area contributed by atoms with Crippen molar-refractivity contribution in [3.05, 3.63) is 23.8 Å². The van der Waals surface area contributed by atoms with Gasteiger partial charge in [0.2, 0.25) is 11.6 Å². The van der Waals surface area contributed by atoms with Crippen LogP contribution in [0.4, 0.5) is 0 Å². The fourth-order valence-electron chi connectivity index (χ4n) is 7.94. The topological polar surface area (TPSA) is 181 Å². The van der Waals surface area contributed by atoms with Crippen molar-refractivity contribution in [1.29, 1.82) is 0 Å². The van der Waals surface area contributed by atoms with Crippen LogP contribution in [0.25, 0.3) is 0 Å². The second-order valence-electron chi connectivity index (χ2n) is 16.1. The van der Waals surface area contributed by atoms with Crippen molar-refractivity contribution in [3.8, 4) is 0 Å². The molecule has 19 nitrogen and oxygen atoms in total. The van der Waals surface area contributed by atoms with Crippen molar-refractivity contribution in [3.63, 3.8) is 0 Å². The van der Waals surface area contributed by atoms with Crippen LogP contribution in [0.1, 0.15) is 66.8 Å². The minimum atomic E-state index is -1.12. The van der Waals surface area contributed by atoms with Gasteiger partial charge in [0.1, 0.15) is 61.2 Å². The summed E-state index contributed by atoms with van der Waals surface area (Å²) in [7, 11) is 0. The smallest absolute Gasteiger partial charge is 0.224 e. The normalized spacial score (nSPS) is 37.4. The molecular formula is C34H52N6O13. The van der Waals surface area contributed by atoms with Crippen molar-refractivity contribution in [2.45, 2.75) is 153 Å². The second kappa shape index (κ2) is 13.7. The number of fused-ring (bicyclic) bond motifs is 6. The third kappa shape index (κ3) is 7.91. The maximum absolute atomic E-state index is 6.25. The third-order valence-electron chi connectivity index (χ3n) is 9.76. The largest absolute Gasteiger partial charge is 0.378 e. The highest BCUT2D eigenvalue weighted by molar-refractivity contribution is 5.05. The Labute approximate surface area is 307 Å². The molecule has 0 radical (unpaired) electrons. The lowest BCUT2D eigenvalue weighted by atomic mass is 9.97. The summed E-state index contributed by atoms with van der Waals surface area (Å²) >= 11 is 0. The van der Waals surface area contributed by atoms with Crippen molar-refractivity contribution in [2.75, 3.05) is 39.6 Å². The van der Waals surface area contributed by atoms with Gasteiger partial charge >= 0.3 is 0 Å². The molecule has 2 aromatic heterocycles. The lowest BCUT2D eigenvalue weighted by Gasteiger charge is -2.40.